The molecule has 1 aromatic carbocycles. The van der Waals surface area contributed by atoms with E-state index in [0.29, 0.717) is 6.54 Å². The largest absolute Gasteiger partial charge is 0.367 e. The van der Waals surface area contributed by atoms with Crippen LogP contribution in [0.3, 0.4) is 0 Å². The van der Waals surface area contributed by atoms with Crippen molar-refractivity contribution in [2.24, 2.45) is 0 Å². The van der Waals surface area contributed by atoms with Crippen molar-refractivity contribution in [2.45, 2.75) is 12.8 Å². The van der Waals surface area contributed by atoms with Gasteiger partial charge < -0.3 is 5.11 Å². The molecule has 0 aliphatic rings. The van der Waals surface area contributed by atoms with Gasteiger partial charge in [-0.25, -0.2) is 0 Å². The molecule has 12 heavy (non-hydrogen) atoms. The summed E-state index contributed by atoms with van der Waals surface area (Å²) in [5, 5.41) is 11.7. The molecule has 0 aromatic heterocycles. The Kier molecular flexibility index (Phi) is 3.34. The summed E-state index contributed by atoms with van der Waals surface area (Å²) in [5.41, 5.74) is 1.10. The van der Waals surface area contributed by atoms with E-state index >= 15 is 0 Å². The van der Waals surface area contributed by atoms with Crippen molar-refractivity contribution < 1.29 is 5.11 Å². The van der Waals surface area contributed by atoms with Crippen LogP contribution in [0.1, 0.15) is 5.56 Å². The zero-order valence-electron chi connectivity index (χ0n) is 6.70. The maximum atomic E-state index is 8.97. The van der Waals surface area contributed by atoms with Crippen LogP contribution in [0.25, 0.3) is 0 Å². The van der Waals surface area contributed by atoms with Crippen LogP contribution < -0.4 is 5.32 Å². The number of hydrogen-bond acceptors (Lipinski definition) is 2. The fourth-order valence-electron chi connectivity index (χ4n) is 0.869. The number of aliphatic hydroxyl groups excluding tert-OH is 1. The maximum absolute atomic E-state index is 8.97. The summed E-state index contributed by atoms with van der Waals surface area (Å²) in [5.74, 6) is 2.18. The number of aliphatic hydroxyl groups is 1. The van der Waals surface area contributed by atoms with Gasteiger partial charge in [-0.15, -0.1) is 6.42 Å². The Morgan fingerprint density at radius 1 is 1.42 bits per heavy atom. The van der Waals surface area contributed by atoms with Crippen LogP contribution >= 0.6 is 0 Å². The molecule has 1 rings (SSSR count). The van der Waals surface area contributed by atoms with Crippen LogP contribution in [0.15, 0.2) is 30.3 Å². The minimum Gasteiger partial charge on any atom is -0.367 e. The van der Waals surface area contributed by atoms with Crippen molar-refractivity contribution in [3.63, 3.8) is 0 Å². The van der Waals surface area contributed by atoms with Crippen molar-refractivity contribution in [2.75, 3.05) is 0 Å². The third kappa shape index (κ3) is 2.75. The molecule has 0 saturated carbocycles. The Balaban J connectivity index is 2.40. The van der Waals surface area contributed by atoms with E-state index in [4.69, 9.17) is 11.5 Å². The first-order valence-electron chi connectivity index (χ1n) is 3.74. The summed E-state index contributed by atoms with van der Waals surface area (Å²) >= 11 is 0. The highest BCUT2D eigenvalue weighted by Gasteiger charge is 1.95. The standard InChI is InChI=1S/C10H11NO/c1-2-10(12)11-8-9-6-4-3-5-7-9/h1,3-7,10-12H,8H2. The van der Waals surface area contributed by atoms with Gasteiger partial charge in [-0.2, -0.15) is 0 Å². The average Bonchev–Trinajstić information content (AvgIpc) is 2.16. The molecular weight excluding hydrogens is 150 g/mol. The number of benzene rings is 1. The molecule has 0 heterocycles. The van der Waals surface area contributed by atoms with E-state index in [1.807, 2.05) is 30.3 Å². The van der Waals surface area contributed by atoms with Gasteiger partial charge in [0.05, 0.1) is 0 Å². The summed E-state index contributed by atoms with van der Waals surface area (Å²) in [7, 11) is 0. The normalized spacial score (nSPS) is 12.0. The van der Waals surface area contributed by atoms with Crippen LogP contribution in [-0.2, 0) is 6.54 Å². The lowest BCUT2D eigenvalue weighted by Gasteiger charge is -2.05. The SMILES string of the molecule is C#CC(O)NCc1ccccc1. The second-order valence-corrected chi connectivity index (χ2v) is 2.44. The van der Waals surface area contributed by atoms with E-state index in [2.05, 4.69) is 11.2 Å². The molecule has 2 heteroatoms. The Bertz CT molecular complexity index is 263. The summed E-state index contributed by atoms with van der Waals surface area (Å²) in [6, 6.07) is 9.77. The number of hydrogen-bond donors (Lipinski definition) is 2. The Labute approximate surface area is 72.2 Å². The van der Waals surface area contributed by atoms with Crippen molar-refractivity contribution >= 4 is 0 Å². The quantitative estimate of drug-likeness (QED) is 0.506. The van der Waals surface area contributed by atoms with Crippen LogP contribution in [0.5, 0.6) is 0 Å². The minimum atomic E-state index is -0.856. The summed E-state index contributed by atoms with van der Waals surface area (Å²) < 4.78 is 0. The second kappa shape index (κ2) is 4.55. The maximum Gasteiger partial charge on any atom is 0.168 e. The van der Waals surface area contributed by atoms with Crippen molar-refractivity contribution in [3.05, 3.63) is 35.9 Å². The molecule has 0 saturated heterocycles. The van der Waals surface area contributed by atoms with Crippen LogP contribution in [-0.4, -0.2) is 11.3 Å². The first kappa shape index (κ1) is 8.79. The predicted molar refractivity (Wildman–Crippen MR) is 48.1 cm³/mol. The van der Waals surface area contributed by atoms with Gasteiger partial charge in [0.1, 0.15) is 0 Å². The van der Waals surface area contributed by atoms with Crippen LogP contribution in [0, 0.1) is 12.3 Å². The highest BCUT2D eigenvalue weighted by atomic mass is 16.3. The fraction of sp³-hybridized carbons (Fsp3) is 0.200. The highest BCUT2D eigenvalue weighted by Crippen LogP contribution is 1.97. The Morgan fingerprint density at radius 2 is 2.08 bits per heavy atom. The smallest absolute Gasteiger partial charge is 0.168 e. The van der Waals surface area contributed by atoms with Gasteiger partial charge in [0.2, 0.25) is 0 Å². The van der Waals surface area contributed by atoms with Gasteiger partial charge in [-0.1, -0.05) is 36.3 Å². The van der Waals surface area contributed by atoms with Gasteiger partial charge in [0, 0.05) is 6.54 Å². The lowest BCUT2D eigenvalue weighted by atomic mass is 10.2. The molecule has 0 radical (unpaired) electrons. The number of nitrogens with one attached hydrogen (secondary N) is 1. The van der Waals surface area contributed by atoms with E-state index in [1.165, 1.54) is 0 Å². The minimum absolute atomic E-state index is 0.589. The zero-order chi connectivity index (χ0) is 8.81. The average molecular weight is 161 g/mol. The first-order valence-corrected chi connectivity index (χ1v) is 3.74. The lowest BCUT2D eigenvalue weighted by Crippen LogP contribution is -2.26. The zero-order valence-corrected chi connectivity index (χ0v) is 6.70. The van der Waals surface area contributed by atoms with E-state index in [9.17, 15) is 0 Å². The Morgan fingerprint density at radius 3 is 2.67 bits per heavy atom. The van der Waals surface area contributed by atoms with Crippen molar-refractivity contribution in [3.8, 4) is 12.3 Å². The fourth-order valence-corrected chi connectivity index (χ4v) is 0.869. The molecule has 1 aromatic rings. The van der Waals surface area contributed by atoms with Gasteiger partial charge in [-0.3, -0.25) is 5.32 Å². The number of rotatable bonds is 3. The molecule has 2 N–H and O–H groups in total. The number of terminal acetylenes is 1. The molecular formula is C10H11NO. The van der Waals surface area contributed by atoms with Gasteiger partial charge in [0.15, 0.2) is 6.23 Å². The molecule has 2 nitrogen and oxygen atoms in total. The molecule has 0 spiro atoms. The summed E-state index contributed by atoms with van der Waals surface area (Å²) in [6.45, 7) is 0.589. The highest BCUT2D eigenvalue weighted by molar-refractivity contribution is 5.14. The van der Waals surface area contributed by atoms with Crippen molar-refractivity contribution in [1.82, 2.24) is 5.32 Å². The van der Waals surface area contributed by atoms with Crippen LogP contribution in [0.2, 0.25) is 0 Å². The summed E-state index contributed by atoms with van der Waals surface area (Å²) in [6.07, 6.45) is 4.12. The molecule has 0 bridgehead atoms. The molecule has 1 unspecified atom stereocenters. The topological polar surface area (TPSA) is 32.3 Å². The third-order valence-corrected chi connectivity index (χ3v) is 1.50. The molecule has 0 aliphatic carbocycles. The second-order valence-electron chi connectivity index (χ2n) is 2.44. The third-order valence-electron chi connectivity index (χ3n) is 1.50. The van der Waals surface area contributed by atoms with Gasteiger partial charge in [0.25, 0.3) is 0 Å². The van der Waals surface area contributed by atoms with E-state index < -0.39 is 6.23 Å². The van der Waals surface area contributed by atoms with Gasteiger partial charge >= 0.3 is 0 Å². The first-order chi connectivity index (χ1) is 5.83. The van der Waals surface area contributed by atoms with Crippen molar-refractivity contribution in [1.29, 1.82) is 0 Å². The molecule has 0 aliphatic heterocycles. The summed E-state index contributed by atoms with van der Waals surface area (Å²) in [4.78, 5) is 0. The van der Waals surface area contributed by atoms with E-state index in [0.717, 1.165) is 5.56 Å². The lowest BCUT2D eigenvalue weighted by molar-refractivity contribution is 0.192. The molecule has 62 valence electrons. The van der Waals surface area contributed by atoms with E-state index in [1.54, 1.807) is 0 Å². The van der Waals surface area contributed by atoms with Crippen LogP contribution in [0.4, 0.5) is 0 Å². The molecule has 0 amide bonds. The predicted octanol–water partition coefficient (Wildman–Crippen LogP) is 0.728. The molecule has 0 fully saturated rings. The molecule has 1 atom stereocenters. The monoisotopic (exact) mass is 161 g/mol. The van der Waals surface area contributed by atoms with E-state index in [-0.39, 0.29) is 0 Å². The Hall–Kier alpha value is -1.30. The van der Waals surface area contributed by atoms with Gasteiger partial charge in [-0.05, 0) is 5.56 Å².